The van der Waals surface area contributed by atoms with Crippen molar-refractivity contribution in [3.63, 3.8) is 0 Å². The number of methoxy groups -OCH3 is 1. The summed E-state index contributed by atoms with van der Waals surface area (Å²) in [5, 5.41) is 1.36. The molecule has 2 aromatic rings. The molecule has 0 radical (unpaired) electrons. The molecule has 17 heavy (non-hydrogen) atoms. The first-order valence-corrected chi connectivity index (χ1v) is 8.93. The van der Waals surface area contributed by atoms with Crippen molar-refractivity contribution in [2.75, 3.05) is 7.11 Å². The van der Waals surface area contributed by atoms with Crippen molar-refractivity contribution in [2.24, 2.45) is 0 Å². The Labute approximate surface area is 103 Å². The van der Waals surface area contributed by atoms with Gasteiger partial charge >= 0.3 is 0 Å². The number of hydrogen-bond donors (Lipinski definition) is 0. The second kappa shape index (κ2) is 4.75. The first-order valence-electron chi connectivity index (χ1n) is 5.73. The molecule has 0 amide bonds. The maximum absolute atomic E-state index is 5.46. The molecular weight excluding hydrogens is 228 g/mol. The number of nitrogens with zero attached hydrogens (tertiary/aromatic N) is 2. The fourth-order valence-corrected chi connectivity index (χ4v) is 4.80. The van der Waals surface area contributed by atoms with Gasteiger partial charge in [0.05, 0.1) is 13.4 Å². The van der Waals surface area contributed by atoms with Crippen LogP contribution in [0.1, 0.15) is 0 Å². The van der Waals surface area contributed by atoms with Crippen LogP contribution in [0.25, 0.3) is 0 Å². The van der Waals surface area contributed by atoms with Crippen molar-refractivity contribution in [3.05, 3.63) is 43.0 Å². The SMILES string of the molecule is COc1ccccc1[Si](C)(C)Cn1ccnc1. The lowest BCUT2D eigenvalue weighted by Gasteiger charge is -2.25. The summed E-state index contributed by atoms with van der Waals surface area (Å²) in [7, 11) is 0.185. The summed E-state index contributed by atoms with van der Waals surface area (Å²) in [5.74, 6) is 1.00. The zero-order valence-electron chi connectivity index (χ0n) is 10.6. The minimum Gasteiger partial charge on any atom is -0.497 e. The summed E-state index contributed by atoms with van der Waals surface area (Å²) in [5.41, 5.74) is 0. The molecule has 0 aliphatic carbocycles. The molecule has 0 aliphatic heterocycles. The number of para-hydroxylation sites is 1. The van der Waals surface area contributed by atoms with Gasteiger partial charge < -0.3 is 9.30 Å². The van der Waals surface area contributed by atoms with Gasteiger partial charge in [0.25, 0.3) is 0 Å². The Balaban J connectivity index is 2.30. The van der Waals surface area contributed by atoms with Crippen LogP contribution in [-0.4, -0.2) is 24.7 Å². The molecule has 0 saturated heterocycles. The second-order valence-corrected chi connectivity index (χ2v) is 9.44. The third-order valence-electron chi connectivity index (χ3n) is 2.97. The van der Waals surface area contributed by atoms with Crippen molar-refractivity contribution in [2.45, 2.75) is 19.3 Å². The van der Waals surface area contributed by atoms with Crippen molar-refractivity contribution < 1.29 is 4.74 Å². The number of benzene rings is 1. The molecule has 1 aromatic carbocycles. The standard InChI is InChI=1S/C13H18N2OSi/c1-16-12-6-4-5-7-13(12)17(2,3)11-15-9-8-14-10-15/h4-10H,11H2,1-3H3. The molecule has 1 heterocycles. The molecule has 0 saturated carbocycles. The first kappa shape index (κ1) is 11.9. The minimum absolute atomic E-state index is 1.00. The fourth-order valence-electron chi connectivity index (χ4n) is 2.13. The Morgan fingerprint density at radius 1 is 1.29 bits per heavy atom. The van der Waals surface area contributed by atoms with Crippen LogP contribution in [-0.2, 0) is 6.17 Å². The van der Waals surface area contributed by atoms with E-state index in [1.165, 1.54) is 5.19 Å². The molecule has 0 spiro atoms. The van der Waals surface area contributed by atoms with Crippen LogP contribution < -0.4 is 9.92 Å². The van der Waals surface area contributed by atoms with Gasteiger partial charge in [-0.15, -0.1) is 0 Å². The third-order valence-corrected chi connectivity index (χ3v) is 6.00. The van der Waals surface area contributed by atoms with Crippen molar-refractivity contribution in [1.82, 2.24) is 9.55 Å². The van der Waals surface area contributed by atoms with E-state index < -0.39 is 8.07 Å². The van der Waals surface area contributed by atoms with Gasteiger partial charge in [-0.25, -0.2) is 4.98 Å². The summed E-state index contributed by atoms with van der Waals surface area (Å²) < 4.78 is 7.61. The zero-order valence-corrected chi connectivity index (χ0v) is 11.6. The Kier molecular flexibility index (Phi) is 3.33. The highest BCUT2D eigenvalue weighted by Gasteiger charge is 2.27. The van der Waals surface area contributed by atoms with Gasteiger partial charge in [-0.05, 0) is 11.3 Å². The Morgan fingerprint density at radius 2 is 2.06 bits per heavy atom. The number of rotatable bonds is 4. The molecular formula is C13H18N2OSi. The van der Waals surface area contributed by atoms with Crippen LogP contribution in [0.5, 0.6) is 5.75 Å². The van der Waals surface area contributed by atoms with Gasteiger partial charge in [0.15, 0.2) is 0 Å². The van der Waals surface area contributed by atoms with Crippen LogP contribution >= 0.6 is 0 Å². The predicted octanol–water partition coefficient (Wildman–Crippen LogP) is 2.05. The molecule has 4 heteroatoms. The van der Waals surface area contributed by atoms with Gasteiger partial charge in [-0.2, -0.15) is 0 Å². The lowest BCUT2D eigenvalue weighted by molar-refractivity contribution is 0.418. The lowest BCUT2D eigenvalue weighted by atomic mass is 10.3. The van der Waals surface area contributed by atoms with Crippen molar-refractivity contribution in [1.29, 1.82) is 0 Å². The normalized spacial score (nSPS) is 11.5. The molecule has 90 valence electrons. The molecule has 2 rings (SSSR count). The minimum atomic E-state index is -1.55. The van der Waals surface area contributed by atoms with E-state index in [9.17, 15) is 0 Å². The number of imidazole rings is 1. The average molecular weight is 246 g/mol. The van der Waals surface area contributed by atoms with Gasteiger partial charge in [-0.1, -0.05) is 31.3 Å². The van der Waals surface area contributed by atoms with Crippen LogP contribution in [0.3, 0.4) is 0 Å². The summed E-state index contributed by atoms with van der Waals surface area (Å²) >= 11 is 0. The molecule has 0 bridgehead atoms. The van der Waals surface area contributed by atoms with Crippen LogP contribution in [0.15, 0.2) is 43.0 Å². The molecule has 0 unspecified atom stereocenters. The smallest absolute Gasteiger partial charge is 0.118 e. The van der Waals surface area contributed by atoms with Crippen LogP contribution in [0, 0.1) is 0 Å². The predicted molar refractivity (Wildman–Crippen MR) is 72.3 cm³/mol. The fraction of sp³-hybridized carbons (Fsp3) is 0.308. The molecule has 0 fully saturated rings. The molecule has 0 atom stereocenters. The maximum atomic E-state index is 5.46. The van der Waals surface area contributed by atoms with Gasteiger partial charge in [0.2, 0.25) is 0 Å². The topological polar surface area (TPSA) is 27.1 Å². The van der Waals surface area contributed by atoms with Crippen molar-refractivity contribution >= 4 is 13.3 Å². The van der Waals surface area contributed by atoms with E-state index in [-0.39, 0.29) is 0 Å². The highest BCUT2D eigenvalue weighted by Crippen LogP contribution is 2.15. The van der Waals surface area contributed by atoms with E-state index in [0.717, 1.165) is 11.9 Å². The van der Waals surface area contributed by atoms with Crippen molar-refractivity contribution in [3.8, 4) is 5.75 Å². The zero-order chi connectivity index (χ0) is 12.3. The highest BCUT2D eigenvalue weighted by atomic mass is 28.3. The molecule has 0 aliphatic rings. The maximum Gasteiger partial charge on any atom is 0.118 e. The largest absolute Gasteiger partial charge is 0.497 e. The Hall–Kier alpha value is -1.55. The summed E-state index contributed by atoms with van der Waals surface area (Å²) in [4.78, 5) is 4.10. The van der Waals surface area contributed by atoms with E-state index >= 15 is 0 Å². The van der Waals surface area contributed by atoms with Gasteiger partial charge in [-0.3, -0.25) is 0 Å². The van der Waals surface area contributed by atoms with E-state index in [2.05, 4.69) is 34.8 Å². The Bertz CT molecular complexity index is 480. The summed E-state index contributed by atoms with van der Waals surface area (Å²) in [6.07, 6.45) is 6.74. The molecule has 1 aromatic heterocycles. The number of aromatic nitrogens is 2. The quantitative estimate of drug-likeness (QED) is 0.772. The van der Waals surface area contributed by atoms with Crippen LogP contribution in [0.2, 0.25) is 13.1 Å². The van der Waals surface area contributed by atoms with Crippen LogP contribution in [0.4, 0.5) is 0 Å². The monoisotopic (exact) mass is 246 g/mol. The summed E-state index contributed by atoms with van der Waals surface area (Å²) in [6, 6.07) is 8.32. The number of hydrogen-bond acceptors (Lipinski definition) is 2. The Morgan fingerprint density at radius 3 is 2.71 bits per heavy atom. The highest BCUT2D eigenvalue weighted by molar-refractivity contribution is 6.89. The number of ether oxygens (including phenoxy) is 1. The molecule has 0 N–H and O–H groups in total. The molecule has 3 nitrogen and oxygen atoms in total. The van der Waals surface area contributed by atoms with E-state index in [4.69, 9.17) is 4.74 Å². The summed E-state index contributed by atoms with van der Waals surface area (Å²) in [6.45, 7) is 4.70. The average Bonchev–Trinajstić information content (AvgIpc) is 2.81. The second-order valence-electron chi connectivity index (χ2n) is 4.82. The lowest BCUT2D eigenvalue weighted by Crippen LogP contribution is -2.46. The van der Waals surface area contributed by atoms with Gasteiger partial charge in [0, 0.05) is 18.6 Å². The van der Waals surface area contributed by atoms with E-state index in [1.807, 2.05) is 30.9 Å². The van der Waals surface area contributed by atoms with E-state index in [0.29, 0.717) is 0 Å². The third kappa shape index (κ3) is 2.58. The van der Waals surface area contributed by atoms with Gasteiger partial charge in [0.1, 0.15) is 13.8 Å². The first-order chi connectivity index (χ1) is 8.13. The van der Waals surface area contributed by atoms with E-state index in [1.54, 1.807) is 7.11 Å².